The zero-order chi connectivity index (χ0) is 26.9. The zero-order valence-electron chi connectivity index (χ0n) is 17.8. The van der Waals surface area contributed by atoms with Gasteiger partial charge in [-0.1, -0.05) is 13.8 Å². The van der Waals surface area contributed by atoms with Crippen LogP contribution in [0, 0.1) is 47.9 Å². The van der Waals surface area contributed by atoms with E-state index in [1.54, 1.807) is 0 Å². The number of hydrogen-bond donors (Lipinski definition) is 1. The van der Waals surface area contributed by atoms with Crippen LogP contribution >= 0.6 is 0 Å². The van der Waals surface area contributed by atoms with Crippen molar-refractivity contribution < 1.29 is 109 Å². The quantitative estimate of drug-likeness (QED) is 0.228. The topological polar surface area (TPSA) is 29.5 Å². The van der Waals surface area contributed by atoms with Crippen LogP contribution < -0.4 is 0 Å². The van der Waals surface area contributed by atoms with Crippen molar-refractivity contribution in [2.75, 3.05) is 0 Å². The Bertz CT molecular complexity index is 765. The van der Waals surface area contributed by atoms with E-state index in [2.05, 4.69) is 4.74 Å². The molecule has 16 heteroatoms. The van der Waals surface area contributed by atoms with E-state index >= 15 is 0 Å². The van der Waals surface area contributed by atoms with Gasteiger partial charge >= 0.3 is 30.4 Å². The Hall–Kier alpha value is -0.393. The fourth-order valence-electron chi connectivity index (χ4n) is 2.95. The summed E-state index contributed by atoms with van der Waals surface area (Å²) in [6.07, 6.45) is -33.6. The molecule has 35 heavy (non-hydrogen) atoms. The maximum absolute atomic E-state index is 14.7. The van der Waals surface area contributed by atoms with Gasteiger partial charge in [-0.05, 0) is 23.8 Å². The van der Waals surface area contributed by atoms with Gasteiger partial charge in [-0.2, -0.15) is 71.6 Å². The van der Waals surface area contributed by atoms with E-state index in [4.69, 9.17) is 0 Å². The number of rotatable bonds is 8. The number of aliphatic hydroxyl groups is 1. The Morgan fingerprint density at radius 2 is 1.11 bits per heavy atom. The molecule has 2 nitrogen and oxygen atoms in total. The summed E-state index contributed by atoms with van der Waals surface area (Å²) in [5.41, 5.74) is -11.4. The molecule has 2 atom stereocenters. The standard InChI is InChI=1S/C19H18F13O2.Ce/c1-3-12(4-2)34-14(15(20,18(27,28)29)19(30,31)32)8-13(33)9-5-10(16(21,22)23)7-11(6-9)17(24,25)26;/h5-7,13-14,33H,3-4,8H2,1-2H3;/q-1;. The van der Waals surface area contributed by atoms with Gasteiger partial charge in [0.05, 0.1) is 23.3 Å². The summed E-state index contributed by atoms with van der Waals surface area (Å²) in [5, 5.41) is 10.1. The molecular formula is C19H18CeF13O2-. The van der Waals surface area contributed by atoms with Gasteiger partial charge in [-0.25, -0.2) is 4.39 Å². The molecule has 0 amide bonds. The summed E-state index contributed by atoms with van der Waals surface area (Å²) >= 11 is 0. The Balaban J connectivity index is 0.0000116. The second-order valence-corrected chi connectivity index (χ2v) is 7.15. The fraction of sp³-hybridized carbons (Fsp3) is 0.632. The number of hydrogen-bond acceptors (Lipinski definition) is 2. The third-order valence-corrected chi connectivity index (χ3v) is 4.80. The normalized spacial score (nSPS) is 15.7. The van der Waals surface area contributed by atoms with Crippen LogP contribution in [0.5, 0.6) is 0 Å². The molecule has 1 rings (SSSR count). The molecule has 2 unspecified atom stereocenters. The van der Waals surface area contributed by atoms with E-state index in [1.165, 1.54) is 13.8 Å². The van der Waals surface area contributed by atoms with Gasteiger partial charge in [0, 0.05) is 48.2 Å². The van der Waals surface area contributed by atoms with E-state index < -0.39 is 71.8 Å². The van der Waals surface area contributed by atoms with Gasteiger partial charge in [-0.3, -0.25) is 0 Å². The van der Waals surface area contributed by atoms with Gasteiger partial charge in [0.1, 0.15) is 0 Å². The third kappa shape index (κ3) is 8.30. The van der Waals surface area contributed by atoms with Crippen LogP contribution in [0.15, 0.2) is 18.2 Å². The molecule has 0 bridgehead atoms. The van der Waals surface area contributed by atoms with E-state index in [-0.39, 0.29) is 72.8 Å². The number of alkyl halides is 13. The monoisotopic (exact) mass is 665 g/mol. The summed E-state index contributed by atoms with van der Waals surface area (Å²) in [6, 6.07) is -0.556. The first kappa shape index (κ1) is 34.6. The molecule has 1 N–H and O–H groups in total. The van der Waals surface area contributed by atoms with Gasteiger partial charge in [0.2, 0.25) is 0 Å². The Labute approximate surface area is 224 Å². The van der Waals surface area contributed by atoms with Crippen molar-refractivity contribution in [3.63, 3.8) is 0 Å². The number of ether oxygens (including phenoxy) is 1. The number of halogens is 13. The van der Waals surface area contributed by atoms with Crippen LogP contribution in [0.1, 0.15) is 55.9 Å². The summed E-state index contributed by atoms with van der Waals surface area (Å²) in [7, 11) is 0. The van der Waals surface area contributed by atoms with Crippen LogP contribution in [0.4, 0.5) is 57.1 Å². The molecule has 0 fully saturated rings. The average Bonchev–Trinajstić information content (AvgIpc) is 2.66. The fourth-order valence-corrected chi connectivity index (χ4v) is 2.95. The van der Waals surface area contributed by atoms with Crippen molar-refractivity contribution in [2.24, 2.45) is 0 Å². The SMILES string of the molecule is CC[C-](CC)OC(CC(O)c1cc(C(F)(F)F)cc(C(F)(F)F)c1)C(F)(C(F)(F)F)C(F)(F)F.[Ce]. The summed E-state index contributed by atoms with van der Waals surface area (Å²) in [6.45, 7) is 2.46. The molecule has 0 aliphatic heterocycles. The van der Waals surface area contributed by atoms with E-state index in [1.807, 2.05) is 0 Å². The molecule has 1 aromatic carbocycles. The number of benzene rings is 1. The smallest absolute Gasteiger partial charge is 0.434 e. The summed E-state index contributed by atoms with van der Waals surface area (Å²) in [5.74, 6) is 0. The zero-order valence-corrected chi connectivity index (χ0v) is 20.9. The average molecular weight is 665 g/mol. The van der Waals surface area contributed by atoms with Crippen molar-refractivity contribution in [1.29, 1.82) is 0 Å². The van der Waals surface area contributed by atoms with Crippen LogP contribution in [0.25, 0.3) is 0 Å². The first-order valence-electron chi connectivity index (χ1n) is 9.40. The molecule has 0 aliphatic rings. The predicted octanol–water partition coefficient (Wildman–Crippen LogP) is 7.72. The van der Waals surface area contributed by atoms with Crippen LogP contribution in [-0.4, -0.2) is 29.2 Å². The summed E-state index contributed by atoms with van der Waals surface area (Å²) < 4.78 is 177. The second-order valence-electron chi connectivity index (χ2n) is 7.15. The predicted molar refractivity (Wildman–Crippen MR) is 90.7 cm³/mol. The van der Waals surface area contributed by atoms with Crippen LogP contribution in [0.2, 0.25) is 0 Å². The Morgan fingerprint density at radius 1 is 0.743 bits per heavy atom. The van der Waals surface area contributed by atoms with Crippen LogP contribution in [-0.2, 0) is 17.1 Å². The van der Waals surface area contributed by atoms with Gasteiger partial charge < -0.3 is 9.84 Å². The maximum atomic E-state index is 14.7. The molecule has 0 aromatic heterocycles. The van der Waals surface area contributed by atoms with Crippen LogP contribution in [0.3, 0.4) is 0 Å². The first-order valence-corrected chi connectivity index (χ1v) is 9.40. The van der Waals surface area contributed by atoms with Crippen molar-refractivity contribution in [3.8, 4) is 0 Å². The molecule has 0 aliphatic carbocycles. The first-order chi connectivity index (χ1) is 15.1. The second kappa shape index (κ2) is 12.0. The van der Waals surface area contributed by atoms with Crippen molar-refractivity contribution in [3.05, 3.63) is 41.0 Å². The summed E-state index contributed by atoms with van der Waals surface area (Å²) in [4.78, 5) is 0. The van der Waals surface area contributed by atoms with Crippen molar-refractivity contribution in [2.45, 2.75) is 75.7 Å². The Kier molecular flexibility index (Phi) is 11.8. The molecule has 0 radical (unpaired) electrons. The minimum Gasteiger partial charge on any atom is -0.544 e. The number of aliphatic hydroxyl groups excluding tert-OH is 1. The van der Waals surface area contributed by atoms with E-state index in [0.717, 1.165) is 0 Å². The minimum atomic E-state index is -6.66. The maximum Gasteiger partial charge on any atom is 0.434 e. The molecule has 0 spiro atoms. The van der Waals surface area contributed by atoms with Crippen molar-refractivity contribution in [1.82, 2.24) is 0 Å². The Morgan fingerprint density at radius 3 is 1.40 bits per heavy atom. The molecule has 0 heterocycles. The van der Waals surface area contributed by atoms with Gasteiger partial charge in [0.25, 0.3) is 0 Å². The largest absolute Gasteiger partial charge is 0.544 e. The van der Waals surface area contributed by atoms with E-state index in [9.17, 15) is 62.2 Å². The van der Waals surface area contributed by atoms with Gasteiger partial charge in [0.15, 0.2) is 0 Å². The van der Waals surface area contributed by atoms with Gasteiger partial charge in [-0.15, -0.1) is 0 Å². The van der Waals surface area contributed by atoms with E-state index in [0.29, 0.717) is 0 Å². The molecule has 1 aromatic rings. The molecule has 0 saturated heterocycles. The molecule has 0 saturated carbocycles. The third-order valence-electron chi connectivity index (χ3n) is 4.80. The molecular weight excluding hydrogens is 647 g/mol. The molecule has 202 valence electrons. The minimum absolute atomic E-state index is 0. The van der Waals surface area contributed by atoms with Crippen molar-refractivity contribution >= 4 is 0 Å².